The molecule has 8 nitrogen and oxygen atoms in total. The van der Waals surface area contributed by atoms with Gasteiger partial charge in [-0.05, 0) is 60.9 Å². The summed E-state index contributed by atoms with van der Waals surface area (Å²) < 4.78 is 19.9. The number of nitrogens with zero attached hydrogens (tertiary/aromatic N) is 2. The molecule has 0 unspecified atom stereocenters. The van der Waals surface area contributed by atoms with Crippen LogP contribution in [0.1, 0.15) is 28.8 Å². The average molecular weight is 489 g/mol. The number of nitrogens with one attached hydrogen (secondary N) is 1. The first-order valence-corrected chi connectivity index (χ1v) is 11.4. The van der Waals surface area contributed by atoms with E-state index in [0.717, 1.165) is 0 Å². The molecule has 1 aliphatic heterocycles. The number of aromatic nitrogens is 1. The van der Waals surface area contributed by atoms with Gasteiger partial charge in [-0.25, -0.2) is 4.39 Å². The fourth-order valence-corrected chi connectivity index (χ4v) is 3.90. The molecule has 0 atom stereocenters. The maximum atomic E-state index is 14.4. The van der Waals surface area contributed by atoms with E-state index in [0.29, 0.717) is 48.5 Å². The van der Waals surface area contributed by atoms with E-state index in [1.807, 2.05) is 0 Å². The average Bonchev–Trinajstić information content (AvgIpc) is 2.89. The lowest BCUT2D eigenvalue weighted by Crippen LogP contribution is -2.42. The van der Waals surface area contributed by atoms with Gasteiger partial charge in [0.2, 0.25) is 11.8 Å². The third-order valence-corrected chi connectivity index (χ3v) is 5.85. The Bertz CT molecular complexity index is 1290. The van der Waals surface area contributed by atoms with Crippen molar-refractivity contribution in [1.29, 1.82) is 0 Å². The maximum absolute atomic E-state index is 14.4. The third kappa shape index (κ3) is 6.12. The number of primary amides is 1. The molecule has 1 aromatic heterocycles. The number of ether oxygens (including phenoxy) is 1. The van der Waals surface area contributed by atoms with Gasteiger partial charge in [0.15, 0.2) is 11.6 Å². The maximum Gasteiger partial charge on any atom is 0.255 e. The van der Waals surface area contributed by atoms with Crippen LogP contribution >= 0.6 is 0 Å². The van der Waals surface area contributed by atoms with Crippen molar-refractivity contribution in [2.75, 3.05) is 18.4 Å². The van der Waals surface area contributed by atoms with Crippen molar-refractivity contribution in [3.63, 3.8) is 0 Å². The molecule has 4 rings (SSSR count). The van der Waals surface area contributed by atoms with Crippen LogP contribution in [0.4, 0.5) is 10.1 Å². The topological polar surface area (TPSA) is 115 Å². The minimum atomic E-state index is -0.586. The smallest absolute Gasteiger partial charge is 0.255 e. The Morgan fingerprint density at radius 1 is 1.08 bits per heavy atom. The van der Waals surface area contributed by atoms with Gasteiger partial charge in [0.1, 0.15) is 5.75 Å². The quantitative estimate of drug-likeness (QED) is 0.488. The summed E-state index contributed by atoms with van der Waals surface area (Å²) in [6.07, 6.45) is 6.82. The van der Waals surface area contributed by atoms with Gasteiger partial charge >= 0.3 is 0 Å². The standard InChI is InChI=1S/C27H25FN4O4/c28-22-16-18(7-9-24(22)36-20-4-3-13-30-17-20)8-10-25(33)31-23-6-2-1-5-21(23)27(35)32-14-11-19(12-15-32)26(29)34/h1-10,13,16-17,19H,11-12,14-15H2,(H2,29,34)(H,31,33)/b10-8+. The number of piperidine rings is 1. The number of likely N-dealkylation sites (tertiary alicyclic amines) is 1. The van der Waals surface area contributed by atoms with Crippen molar-refractivity contribution in [2.24, 2.45) is 11.7 Å². The second kappa shape index (κ2) is 11.3. The van der Waals surface area contributed by atoms with Crippen LogP contribution < -0.4 is 15.8 Å². The molecule has 2 aromatic carbocycles. The van der Waals surface area contributed by atoms with Crippen molar-refractivity contribution in [1.82, 2.24) is 9.88 Å². The third-order valence-electron chi connectivity index (χ3n) is 5.85. The first-order valence-electron chi connectivity index (χ1n) is 11.4. The number of amides is 3. The molecule has 3 amide bonds. The molecule has 2 heterocycles. The summed E-state index contributed by atoms with van der Waals surface area (Å²) in [5.74, 6) is -1.42. The van der Waals surface area contributed by atoms with Crippen molar-refractivity contribution in [3.05, 3.63) is 90.0 Å². The van der Waals surface area contributed by atoms with Crippen LogP contribution in [0, 0.1) is 11.7 Å². The molecule has 9 heteroatoms. The lowest BCUT2D eigenvalue weighted by molar-refractivity contribution is -0.123. The number of nitrogens with two attached hydrogens (primary N) is 1. The van der Waals surface area contributed by atoms with Crippen LogP contribution in [0.5, 0.6) is 11.5 Å². The van der Waals surface area contributed by atoms with Crippen LogP contribution in [0.3, 0.4) is 0 Å². The Hall–Kier alpha value is -4.53. The van der Waals surface area contributed by atoms with Gasteiger partial charge in [-0.3, -0.25) is 19.4 Å². The van der Waals surface area contributed by atoms with Crippen molar-refractivity contribution in [2.45, 2.75) is 12.8 Å². The highest BCUT2D eigenvalue weighted by molar-refractivity contribution is 6.07. The van der Waals surface area contributed by atoms with Crippen LogP contribution in [-0.2, 0) is 9.59 Å². The number of hydrogen-bond acceptors (Lipinski definition) is 5. The van der Waals surface area contributed by atoms with E-state index in [4.69, 9.17) is 10.5 Å². The van der Waals surface area contributed by atoms with Gasteiger partial charge in [0, 0.05) is 31.3 Å². The summed E-state index contributed by atoms with van der Waals surface area (Å²) in [6.45, 7) is 0.835. The molecule has 1 saturated heterocycles. The summed E-state index contributed by atoms with van der Waals surface area (Å²) in [6, 6.07) is 14.4. The number of benzene rings is 2. The van der Waals surface area contributed by atoms with Gasteiger partial charge in [-0.15, -0.1) is 0 Å². The van der Waals surface area contributed by atoms with Crippen molar-refractivity contribution >= 4 is 29.5 Å². The molecular formula is C27H25FN4O4. The number of halogens is 1. The Balaban J connectivity index is 1.39. The molecule has 1 fully saturated rings. The zero-order valence-electron chi connectivity index (χ0n) is 19.4. The molecule has 1 aliphatic rings. The first kappa shape index (κ1) is 24.6. The summed E-state index contributed by atoms with van der Waals surface area (Å²) in [4.78, 5) is 42.5. The van der Waals surface area contributed by atoms with Crippen LogP contribution in [0.15, 0.2) is 73.1 Å². The minimum Gasteiger partial charge on any atom is -0.453 e. The predicted octanol–water partition coefficient (Wildman–Crippen LogP) is 4.00. The molecule has 3 aromatic rings. The second-order valence-corrected chi connectivity index (χ2v) is 8.32. The van der Waals surface area contributed by atoms with E-state index in [1.54, 1.807) is 53.6 Å². The Kier molecular flexibility index (Phi) is 7.69. The molecule has 0 radical (unpaired) electrons. The minimum absolute atomic E-state index is 0.0388. The highest BCUT2D eigenvalue weighted by Gasteiger charge is 2.27. The van der Waals surface area contributed by atoms with E-state index >= 15 is 0 Å². The molecule has 0 saturated carbocycles. The van der Waals surface area contributed by atoms with Gasteiger partial charge in [-0.2, -0.15) is 0 Å². The zero-order valence-corrected chi connectivity index (χ0v) is 19.4. The summed E-state index contributed by atoms with van der Waals surface area (Å²) in [5, 5.41) is 2.71. The number of carbonyl (C=O) groups is 3. The number of para-hydroxylation sites is 1. The highest BCUT2D eigenvalue weighted by Crippen LogP contribution is 2.25. The zero-order chi connectivity index (χ0) is 25.5. The van der Waals surface area contributed by atoms with Crippen LogP contribution in [0.25, 0.3) is 6.08 Å². The largest absolute Gasteiger partial charge is 0.453 e. The Morgan fingerprint density at radius 3 is 2.56 bits per heavy atom. The number of hydrogen-bond donors (Lipinski definition) is 2. The summed E-state index contributed by atoms with van der Waals surface area (Å²) in [5.41, 5.74) is 6.54. The van der Waals surface area contributed by atoms with Crippen LogP contribution in [0.2, 0.25) is 0 Å². The van der Waals surface area contributed by atoms with Crippen LogP contribution in [-0.4, -0.2) is 40.7 Å². The molecule has 0 bridgehead atoms. The monoisotopic (exact) mass is 488 g/mol. The Labute approximate surface area is 207 Å². The molecule has 36 heavy (non-hydrogen) atoms. The van der Waals surface area contributed by atoms with E-state index in [1.165, 1.54) is 30.5 Å². The van der Waals surface area contributed by atoms with Gasteiger partial charge < -0.3 is 20.7 Å². The number of rotatable bonds is 7. The SMILES string of the molecule is NC(=O)C1CCN(C(=O)c2ccccc2NC(=O)/C=C/c2ccc(Oc3cccnc3)c(F)c2)CC1. The Morgan fingerprint density at radius 2 is 1.86 bits per heavy atom. The fraction of sp³-hybridized carbons (Fsp3) is 0.185. The normalized spacial score (nSPS) is 14.0. The fourth-order valence-electron chi connectivity index (χ4n) is 3.90. The van der Waals surface area contributed by atoms with E-state index in [9.17, 15) is 18.8 Å². The highest BCUT2D eigenvalue weighted by atomic mass is 19.1. The van der Waals surface area contributed by atoms with E-state index < -0.39 is 11.7 Å². The van der Waals surface area contributed by atoms with E-state index in [2.05, 4.69) is 10.3 Å². The number of carbonyl (C=O) groups excluding carboxylic acids is 3. The lowest BCUT2D eigenvalue weighted by atomic mass is 9.95. The molecular weight excluding hydrogens is 463 g/mol. The van der Waals surface area contributed by atoms with E-state index in [-0.39, 0.29) is 23.5 Å². The number of anilines is 1. The first-order chi connectivity index (χ1) is 17.4. The van der Waals surface area contributed by atoms with Crippen molar-refractivity contribution < 1.29 is 23.5 Å². The van der Waals surface area contributed by atoms with Gasteiger partial charge in [0.05, 0.1) is 17.4 Å². The lowest BCUT2D eigenvalue weighted by Gasteiger charge is -2.31. The second-order valence-electron chi connectivity index (χ2n) is 8.32. The predicted molar refractivity (Wildman–Crippen MR) is 133 cm³/mol. The molecule has 3 N–H and O–H groups in total. The molecule has 0 aliphatic carbocycles. The molecule has 0 spiro atoms. The summed E-state index contributed by atoms with van der Waals surface area (Å²) >= 11 is 0. The molecule has 184 valence electrons. The van der Waals surface area contributed by atoms with Crippen molar-refractivity contribution in [3.8, 4) is 11.5 Å². The summed E-state index contributed by atoms with van der Waals surface area (Å²) in [7, 11) is 0. The van der Waals surface area contributed by atoms with Gasteiger partial charge in [-0.1, -0.05) is 18.2 Å². The number of pyridine rings is 1. The van der Waals surface area contributed by atoms with Gasteiger partial charge in [0.25, 0.3) is 5.91 Å².